The molecule has 4 rings (SSSR count). The van der Waals surface area contributed by atoms with Gasteiger partial charge in [-0.1, -0.05) is 6.07 Å². The molecule has 0 amide bonds. The molecule has 2 aromatic heterocycles. The van der Waals surface area contributed by atoms with Gasteiger partial charge in [-0.2, -0.15) is 0 Å². The molecule has 3 heterocycles. The van der Waals surface area contributed by atoms with E-state index in [1.807, 2.05) is 31.4 Å². The summed E-state index contributed by atoms with van der Waals surface area (Å²) in [5, 5.41) is 4.60. The van der Waals surface area contributed by atoms with E-state index in [-0.39, 0.29) is 24.0 Å². The third kappa shape index (κ3) is 4.32. The van der Waals surface area contributed by atoms with Crippen LogP contribution in [0, 0.1) is 0 Å². The largest absolute Gasteiger partial charge is 0.454 e. The SMILES string of the molecule is CN=C(NCCc1c[nH]c2ncccc12)N(C)Cc1ccc2c(c1)OCO2.I. The van der Waals surface area contributed by atoms with Crippen LogP contribution >= 0.6 is 24.0 Å². The average molecular weight is 493 g/mol. The van der Waals surface area contributed by atoms with E-state index < -0.39 is 0 Å². The van der Waals surface area contributed by atoms with Crippen molar-refractivity contribution in [3.63, 3.8) is 0 Å². The fourth-order valence-electron chi connectivity index (χ4n) is 3.30. The molecule has 0 fully saturated rings. The van der Waals surface area contributed by atoms with E-state index in [1.165, 1.54) is 10.9 Å². The highest BCUT2D eigenvalue weighted by atomic mass is 127. The Bertz CT molecular complexity index is 972. The lowest BCUT2D eigenvalue weighted by atomic mass is 10.1. The Morgan fingerprint density at radius 3 is 3.00 bits per heavy atom. The Balaban J connectivity index is 0.00000225. The zero-order chi connectivity index (χ0) is 18.6. The fraction of sp³-hybridized carbons (Fsp3) is 0.300. The summed E-state index contributed by atoms with van der Waals surface area (Å²) in [6.07, 6.45) is 4.72. The van der Waals surface area contributed by atoms with Crippen molar-refractivity contribution >= 4 is 41.0 Å². The van der Waals surface area contributed by atoms with Crippen molar-refractivity contribution in [2.24, 2.45) is 4.99 Å². The molecule has 0 bridgehead atoms. The molecule has 0 saturated carbocycles. The summed E-state index contributed by atoms with van der Waals surface area (Å²) in [6.45, 7) is 1.81. The number of guanidine groups is 1. The normalized spacial score (nSPS) is 12.7. The number of hydrogen-bond acceptors (Lipinski definition) is 4. The standard InChI is InChI=1S/C20H23N5O2.HI/c1-21-20(23-9-7-15-11-24-19-16(15)4-3-8-22-19)25(2)12-14-5-6-17-18(10-14)27-13-26-17;/h3-6,8,10-11H,7,9,12-13H2,1-2H3,(H,21,23)(H,22,24);1H. The van der Waals surface area contributed by atoms with E-state index in [0.29, 0.717) is 6.79 Å². The van der Waals surface area contributed by atoms with Gasteiger partial charge in [0.25, 0.3) is 0 Å². The molecule has 0 aliphatic carbocycles. The second kappa shape index (κ2) is 9.13. The van der Waals surface area contributed by atoms with Crippen LogP contribution in [0.2, 0.25) is 0 Å². The monoisotopic (exact) mass is 493 g/mol. The van der Waals surface area contributed by atoms with Crippen molar-refractivity contribution in [2.45, 2.75) is 13.0 Å². The van der Waals surface area contributed by atoms with Crippen LogP contribution in [-0.4, -0.2) is 48.3 Å². The van der Waals surface area contributed by atoms with E-state index in [4.69, 9.17) is 9.47 Å². The molecule has 0 saturated heterocycles. The maximum Gasteiger partial charge on any atom is 0.231 e. The first-order valence-corrected chi connectivity index (χ1v) is 8.96. The zero-order valence-electron chi connectivity index (χ0n) is 15.9. The lowest BCUT2D eigenvalue weighted by Gasteiger charge is -2.22. The zero-order valence-corrected chi connectivity index (χ0v) is 18.3. The summed E-state index contributed by atoms with van der Waals surface area (Å²) in [7, 11) is 3.82. The van der Waals surface area contributed by atoms with Gasteiger partial charge >= 0.3 is 0 Å². The molecule has 148 valence electrons. The molecule has 28 heavy (non-hydrogen) atoms. The number of benzene rings is 1. The minimum atomic E-state index is 0. The van der Waals surface area contributed by atoms with Crippen LogP contribution < -0.4 is 14.8 Å². The van der Waals surface area contributed by atoms with Crippen molar-refractivity contribution in [1.82, 2.24) is 20.2 Å². The topological polar surface area (TPSA) is 74.8 Å². The Kier molecular flexibility index (Phi) is 6.61. The minimum Gasteiger partial charge on any atom is -0.454 e. The highest BCUT2D eigenvalue weighted by Crippen LogP contribution is 2.32. The van der Waals surface area contributed by atoms with Gasteiger partial charge in [0.05, 0.1) is 0 Å². The van der Waals surface area contributed by atoms with Crippen molar-refractivity contribution in [3.05, 3.63) is 53.9 Å². The molecule has 0 unspecified atom stereocenters. The van der Waals surface area contributed by atoms with Gasteiger partial charge in [-0.3, -0.25) is 4.99 Å². The smallest absolute Gasteiger partial charge is 0.231 e. The summed E-state index contributed by atoms with van der Waals surface area (Å²) in [4.78, 5) is 14.0. The molecule has 2 N–H and O–H groups in total. The van der Waals surface area contributed by atoms with Gasteiger partial charge in [-0.25, -0.2) is 4.98 Å². The third-order valence-corrected chi connectivity index (χ3v) is 4.64. The van der Waals surface area contributed by atoms with Gasteiger partial charge in [0.1, 0.15) is 5.65 Å². The molecule has 1 aromatic carbocycles. The second-order valence-electron chi connectivity index (χ2n) is 6.48. The molecule has 0 radical (unpaired) electrons. The number of aliphatic imine (C=N–C) groups is 1. The Morgan fingerprint density at radius 2 is 2.14 bits per heavy atom. The number of aromatic nitrogens is 2. The molecule has 0 spiro atoms. The third-order valence-electron chi connectivity index (χ3n) is 4.64. The van der Waals surface area contributed by atoms with E-state index in [2.05, 4.69) is 37.3 Å². The number of pyridine rings is 1. The number of nitrogens with zero attached hydrogens (tertiary/aromatic N) is 3. The second-order valence-corrected chi connectivity index (χ2v) is 6.48. The summed E-state index contributed by atoms with van der Waals surface area (Å²) in [5.41, 5.74) is 3.32. The number of H-pyrrole nitrogens is 1. The fourth-order valence-corrected chi connectivity index (χ4v) is 3.30. The first-order chi connectivity index (χ1) is 13.2. The summed E-state index contributed by atoms with van der Waals surface area (Å²) >= 11 is 0. The number of rotatable bonds is 5. The van der Waals surface area contributed by atoms with Gasteiger partial charge in [0.2, 0.25) is 6.79 Å². The number of hydrogen-bond donors (Lipinski definition) is 2. The van der Waals surface area contributed by atoms with Crippen LogP contribution in [0.1, 0.15) is 11.1 Å². The van der Waals surface area contributed by atoms with E-state index in [9.17, 15) is 0 Å². The first kappa shape index (κ1) is 20.2. The highest BCUT2D eigenvalue weighted by Gasteiger charge is 2.14. The number of nitrogens with one attached hydrogen (secondary N) is 2. The number of aromatic amines is 1. The van der Waals surface area contributed by atoms with Crippen LogP contribution in [0.25, 0.3) is 11.0 Å². The number of ether oxygens (including phenoxy) is 2. The molecular weight excluding hydrogens is 469 g/mol. The maximum absolute atomic E-state index is 5.45. The molecule has 8 heteroatoms. The number of fused-ring (bicyclic) bond motifs is 2. The lowest BCUT2D eigenvalue weighted by molar-refractivity contribution is 0.174. The van der Waals surface area contributed by atoms with E-state index >= 15 is 0 Å². The Morgan fingerprint density at radius 1 is 1.29 bits per heavy atom. The van der Waals surface area contributed by atoms with E-state index in [0.717, 1.165) is 48.2 Å². The summed E-state index contributed by atoms with van der Waals surface area (Å²) in [6, 6.07) is 10.1. The molecule has 7 nitrogen and oxygen atoms in total. The molecule has 1 aliphatic heterocycles. The summed E-state index contributed by atoms with van der Waals surface area (Å²) < 4.78 is 10.8. The van der Waals surface area contributed by atoms with E-state index in [1.54, 1.807) is 13.2 Å². The molecular formula is C20H24IN5O2. The predicted octanol–water partition coefficient (Wildman–Crippen LogP) is 3.16. The molecule has 0 atom stereocenters. The van der Waals surface area contributed by atoms with Crippen LogP contribution in [0.3, 0.4) is 0 Å². The predicted molar refractivity (Wildman–Crippen MR) is 121 cm³/mol. The van der Waals surface area contributed by atoms with Gasteiger partial charge in [-0.15, -0.1) is 24.0 Å². The molecule has 3 aromatic rings. The van der Waals surface area contributed by atoms with Gasteiger partial charge in [-0.05, 0) is 41.8 Å². The average Bonchev–Trinajstić information content (AvgIpc) is 3.31. The van der Waals surface area contributed by atoms with Crippen LogP contribution in [0.5, 0.6) is 11.5 Å². The highest BCUT2D eigenvalue weighted by molar-refractivity contribution is 14.0. The van der Waals surface area contributed by atoms with Crippen LogP contribution in [-0.2, 0) is 13.0 Å². The lowest BCUT2D eigenvalue weighted by Crippen LogP contribution is -2.39. The quantitative estimate of drug-likeness (QED) is 0.325. The maximum atomic E-state index is 5.45. The van der Waals surface area contributed by atoms with Crippen molar-refractivity contribution in [1.29, 1.82) is 0 Å². The van der Waals surface area contributed by atoms with Crippen LogP contribution in [0.4, 0.5) is 0 Å². The Hall–Kier alpha value is -2.49. The first-order valence-electron chi connectivity index (χ1n) is 8.96. The van der Waals surface area contributed by atoms with Gasteiger partial charge in [0.15, 0.2) is 17.5 Å². The number of halogens is 1. The summed E-state index contributed by atoms with van der Waals surface area (Å²) in [5.74, 6) is 2.46. The van der Waals surface area contributed by atoms with Crippen molar-refractivity contribution < 1.29 is 9.47 Å². The van der Waals surface area contributed by atoms with Crippen LogP contribution in [0.15, 0.2) is 47.7 Å². The van der Waals surface area contributed by atoms with Crippen molar-refractivity contribution in [2.75, 3.05) is 27.4 Å². The van der Waals surface area contributed by atoms with Gasteiger partial charge < -0.3 is 24.7 Å². The van der Waals surface area contributed by atoms with Crippen molar-refractivity contribution in [3.8, 4) is 11.5 Å². The van der Waals surface area contributed by atoms with Gasteiger partial charge in [0, 0.05) is 45.0 Å². The Labute approximate surface area is 181 Å². The molecule has 1 aliphatic rings. The minimum absolute atomic E-state index is 0.